The molecule has 17 heavy (non-hydrogen) atoms. The van der Waals surface area contributed by atoms with E-state index >= 15 is 0 Å². The van der Waals surface area contributed by atoms with Gasteiger partial charge in [-0.25, -0.2) is 8.42 Å². The van der Waals surface area contributed by atoms with Crippen LogP contribution in [0.5, 0.6) is 0 Å². The highest BCUT2D eigenvalue weighted by molar-refractivity contribution is 7.91. The van der Waals surface area contributed by atoms with Crippen LogP contribution in [0.4, 0.5) is 0 Å². The Balaban J connectivity index is 2.92. The summed E-state index contributed by atoms with van der Waals surface area (Å²) >= 11 is 1.10. The molecule has 0 amide bonds. The van der Waals surface area contributed by atoms with Gasteiger partial charge in [0.05, 0.1) is 0 Å². The molecule has 0 fully saturated rings. The minimum absolute atomic E-state index is 0.0406. The minimum Gasteiger partial charge on any atom is -0.480 e. The second kappa shape index (κ2) is 5.44. The van der Waals surface area contributed by atoms with Crippen LogP contribution in [0.25, 0.3) is 0 Å². The Morgan fingerprint density at radius 1 is 1.65 bits per heavy atom. The highest BCUT2D eigenvalue weighted by atomic mass is 32.2. The molecule has 5 nitrogen and oxygen atoms in total. The second-order valence-electron chi connectivity index (χ2n) is 3.40. The first-order valence-corrected chi connectivity index (χ1v) is 7.09. The third-order valence-electron chi connectivity index (χ3n) is 1.98. The quantitative estimate of drug-likeness (QED) is 0.768. The van der Waals surface area contributed by atoms with Gasteiger partial charge in [-0.1, -0.05) is 6.08 Å². The van der Waals surface area contributed by atoms with Crippen molar-refractivity contribution in [3.8, 4) is 0 Å². The van der Waals surface area contributed by atoms with Crippen LogP contribution in [0.15, 0.2) is 29.0 Å². The Bertz CT molecular complexity index is 518. The number of hydrogen-bond acceptors (Lipinski definition) is 4. The predicted octanol–water partition coefficient (Wildman–Crippen LogP) is 1.36. The van der Waals surface area contributed by atoms with Crippen molar-refractivity contribution in [2.24, 2.45) is 0 Å². The third-order valence-corrected chi connectivity index (χ3v) is 4.94. The Hall–Kier alpha value is -1.18. The molecule has 7 heteroatoms. The van der Waals surface area contributed by atoms with E-state index in [1.54, 1.807) is 13.0 Å². The average Bonchev–Trinajstić information content (AvgIpc) is 2.64. The molecule has 0 saturated heterocycles. The molecule has 1 rings (SSSR count). The summed E-state index contributed by atoms with van der Waals surface area (Å²) in [4.78, 5) is 11.7. The summed E-state index contributed by atoms with van der Waals surface area (Å²) in [7, 11) is -3.77. The lowest BCUT2D eigenvalue weighted by Gasteiger charge is -2.11. The van der Waals surface area contributed by atoms with Crippen molar-refractivity contribution in [2.45, 2.75) is 23.6 Å². The summed E-state index contributed by atoms with van der Waals surface area (Å²) in [5.41, 5.74) is 0. The van der Waals surface area contributed by atoms with E-state index in [0.29, 0.717) is 0 Å². The van der Waals surface area contributed by atoms with Crippen molar-refractivity contribution in [3.05, 3.63) is 29.7 Å². The number of nitrogens with one attached hydrogen (secondary N) is 1. The fraction of sp³-hybridized carbons (Fsp3) is 0.300. The lowest BCUT2D eigenvalue weighted by atomic mass is 10.2. The summed E-state index contributed by atoms with van der Waals surface area (Å²) in [5.74, 6) is -1.22. The van der Waals surface area contributed by atoms with Gasteiger partial charge in [0.25, 0.3) is 10.0 Å². The van der Waals surface area contributed by atoms with E-state index in [9.17, 15) is 13.2 Å². The molecule has 0 aliphatic heterocycles. The van der Waals surface area contributed by atoms with Gasteiger partial charge in [0.2, 0.25) is 0 Å². The fourth-order valence-corrected chi connectivity index (χ4v) is 3.67. The summed E-state index contributed by atoms with van der Waals surface area (Å²) < 4.78 is 25.9. The molecule has 1 unspecified atom stereocenters. The van der Waals surface area contributed by atoms with Crippen LogP contribution in [0, 0.1) is 6.92 Å². The zero-order chi connectivity index (χ0) is 13.1. The van der Waals surface area contributed by atoms with E-state index in [-0.39, 0.29) is 10.6 Å². The van der Waals surface area contributed by atoms with E-state index in [0.717, 1.165) is 16.2 Å². The van der Waals surface area contributed by atoms with Crippen LogP contribution in [0.3, 0.4) is 0 Å². The molecule has 0 spiro atoms. The van der Waals surface area contributed by atoms with Gasteiger partial charge in [0.15, 0.2) is 0 Å². The number of rotatable bonds is 6. The normalized spacial score (nSPS) is 13.2. The Morgan fingerprint density at radius 2 is 2.29 bits per heavy atom. The van der Waals surface area contributed by atoms with Crippen LogP contribution in [-0.4, -0.2) is 25.5 Å². The van der Waals surface area contributed by atoms with Crippen molar-refractivity contribution < 1.29 is 18.3 Å². The first-order chi connectivity index (χ1) is 7.86. The van der Waals surface area contributed by atoms with Gasteiger partial charge in [0.1, 0.15) is 10.3 Å². The number of sulfonamides is 1. The summed E-state index contributed by atoms with van der Waals surface area (Å²) in [6.45, 7) is 5.17. The van der Waals surface area contributed by atoms with E-state index in [1.165, 1.54) is 12.1 Å². The van der Waals surface area contributed by atoms with Gasteiger partial charge in [-0.2, -0.15) is 4.72 Å². The maximum absolute atomic E-state index is 11.8. The largest absolute Gasteiger partial charge is 0.480 e. The number of carboxylic acid groups (broad SMARTS) is 1. The maximum atomic E-state index is 11.8. The van der Waals surface area contributed by atoms with Crippen LogP contribution in [-0.2, 0) is 14.8 Å². The van der Waals surface area contributed by atoms with Crippen LogP contribution < -0.4 is 4.72 Å². The van der Waals surface area contributed by atoms with Crippen molar-refractivity contribution in [1.29, 1.82) is 0 Å². The molecule has 1 aromatic heterocycles. The van der Waals surface area contributed by atoms with Crippen molar-refractivity contribution >= 4 is 27.3 Å². The predicted molar refractivity (Wildman–Crippen MR) is 65.6 cm³/mol. The van der Waals surface area contributed by atoms with Crippen LogP contribution in [0.2, 0.25) is 0 Å². The first-order valence-electron chi connectivity index (χ1n) is 4.79. The molecule has 94 valence electrons. The van der Waals surface area contributed by atoms with E-state index in [1.807, 2.05) is 0 Å². The van der Waals surface area contributed by atoms with E-state index in [4.69, 9.17) is 5.11 Å². The molecule has 0 aromatic carbocycles. The van der Waals surface area contributed by atoms with E-state index < -0.39 is 22.0 Å². The average molecular weight is 275 g/mol. The van der Waals surface area contributed by atoms with Crippen molar-refractivity contribution in [1.82, 2.24) is 4.72 Å². The Kier molecular flexibility index (Phi) is 4.44. The molecule has 0 radical (unpaired) electrons. The summed E-state index contributed by atoms with van der Waals surface area (Å²) in [6, 6.07) is 1.94. The smallest absolute Gasteiger partial charge is 0.322 e. The molecule has 1 heterocycles. The van der Waals surface area contributed by atoms with Gasteiger partial charge in [-0.3, -0.25) is 4.79 Å². The lowest BCUT2D eigenvalue weighted by Crippen LogP contribution is -2.40. The number of carbonyl (C=O) groups is 1. The molecule has 0 saturated carbocycles. The third kappa shape index (κ3) is 3.65. The van der Waals surface area contributed by atoms with Crippen LogP contribution in [0.1, 0.15) is 11.3 Å². The fourth-order valence-electron chi connectivity index (χ4n) is 1.17. The van der Waals surface area contributed by atoms with Crippen LogP contribution >= 0.6 is 11.3 Å². The first kappa shape index (κ1) is 13.9. The molecular formula is C10H13NO4S2. The summed E-state index contributed by atoms with van der Waals surface area (Å²) in [6.07, 6.45) is 1.40. The number of carboxylic acids is 1. The van der Waals surface area contributed by atoms with Gasteiger partial charge >= 0.3 is 5.97 Å². The standard InChI is InChI=1S/C10H13NO4S2/c1-3-4-8(10(12)13)11-17(14,15)9-6-5-7(2)16-9/h3,5-6,8,11H,1,4H2,2H3,(H,12,13). The van der Waals surface area contributed by atoms with Gasteiger partial charge < -0.3 is 5.11 Å². The monoisotopic (exact) mass is 275 g/mol. The number of thiophene rings is 1. The van der Waals surface area contributed by atoms with Gasteiger partial charge in [0, 0.05) is 4.88 Å². The molecular weight excluding hydrogens is 262 g/mol. The SMILES string of the molecule is C=CCC(NS(=O)(=O)c1ccc(C)s1)C(=O)O. The number of aryl methyl sites for hydroxylation is 1. The Labute approximate surface area is 104 Å². The zero-order valence-electron chi connectivity index (χ0n) is 9.21. The zero-order valence-corrected chi connectivity index (χ0v) is 10.8. The van der Waals surface area contributed by atoms with Gasteiger partial charge in [-0.05, 0) is 25.5 Å². The van der Waals surface area contributed by atoms with Crippen molar-refractivity contribution in [3.63, 3.8) is 0 Å². The maximum Gasteiger partial charge on any atom is 0.322 e. The molecule has 0 bridgehead atoms. The molecule has 1 atom stereocenters. The Morgan fingerprint density at radius 3 is 2.71 bits per heavy atom. The van der Waals surface area contributed by atoms with Crippen molar-refractivity contribution in [2.75, 3.05) is 0 Å². The highest BCUT2D eigenvalue weighted by Crippen LogP contribution is 2.20. The topological polar surface area (TPSA) is 83.5 Å². The van der Waals surface area contributed by atoms with E-state index in [2.05, 4.69) is 11.3 Å². The highest BCUT2D eigenvalue weighted by Gasteiger charge is 2.25. The molecule has 0 aliphatic rings. The molecule has 0 aliphatic carbocycles. The lowest BCUT2D eigenvalue weighted by molar-refractivity contribution is -0.138. The second-order valence-corrected chi connectivity index (χ2v) is 6.63. The number of aliphatic carboxylic acids is 1. The number of hydrogen-bond donors (Lipinski definition) is 2. The molecule has 1 aromatic rings. The van der Waals surface area contributed by atoms with Gasteiger partial charge in [-0.15, -0.1) is 17.9 Å². The summed E-state index contributed by atoms with van der Waals surface area (Å²) in [5, 5.41) is 8.85. The molecule has 2 N–H and O–H groups in total. The minimum atomic E-state index is -3.77.